The van der Waals surface area contributed by atoms with Crippen molar-refractivity contribution in [2.45, 2.75) is 25.7 Å². The van der Waals surface area contributed by atoms with E-state index >= 15 is 0 Å². The topological polar surface area (TPSA) is 32.9 Å². The van der Waals surface area contributed by atoms with Crippen LogP contribution in [0.1, 0.15) is 40.9 Å². The van der Waals surface area contributed by atoms with E-state index in [1.807, 2.05) is 66.7 Å². The molecule has 3 aromatic carbocycles. The summed E-state index contributed by atoms with van der Waals surface area (Å²) in [5, 5.41) is 2.99. The van der Waals surface area contributed by atoms with E-state index in [-0.39, 0.29) is 12.5 Å². The predicted octanol–water partition coefficient (Wildman–Crippen LogP) is 6.23. The SMILES string of the molecule is O=C(c1cccc2ccccc12)c1c(CCCCCF)[nH]c2ccccc12. The zero-order valence-electron chi connectivity index (χ0n) is 15.2. The third-order valence-electron chi connectivity index (χ3n) is 5.11. The average molecular weight is 359 g/mol. The summed E-state index contributed by atoms with van der Waals surface area (Å²) in [5.74, 6) is 0.0461. The minimum atomic E-state index is -0.283. The van der Waals surface area contributed by atoms with Crippen molar-refractivity contribution < 1.29 is 9.18 Å². The summed E-state index contributed by atoms with van der Waals surface area (Å²) in [7, 11) is 0. The number of fused-ring (bicyclic) bond motifs is 2. The Kier molecular flexibility index (Phi) is 5.01. The summed E-state index contributed by atoms with van der Waals surface area (Å²) in [4.78, 5) is 17.0. The van der Waals surface area contributed by atoms with E-state index in [9.17, 15) is 9.18 Å². The molecular weight excluding hydrogens is 337 g/mol. The standard InChI is InChI=1S/C24H22FNO/c25-16-7-1-2-15-22-23(20-12-5-6-14-21(20)26-22)24(27)19-13-8-10-17-9-3-4-11-18(17)19/h3-6,8-14,26H,1-2,7,15-16H2. The Morgan fingerprint density at radius 3 is 2.41 bits per heavy atom. The average Bonchev–Trinajstić information content (AvgIpc) is 3.08. The van der Waals surface area contributed by atoms with Crippen molar-refractivity contribution in [3.63, 3.8) is 0 Å². The number of halogens is 1. The number of hydrogen-bond acceptors (Lipinski definition) is 1. The van der Waals surface area contributed by atoms with Crippen molar-refractivity contribution in [1.29, 1.82) is 0 Å². The fourth-order valence-corrected chi connectivity index (χ4v) is 3.78. The smallest absolute Gasteiger partial charge is 0.196 e. The zero-order valence-corrected chi connectivity index (χ0v) is 15.2. The highest BCUT2D eigenvalue weighted by atomic mass is 19.1. The quantitative estimate of drug-likeness (QED) is 0.308. The highest BCUT2D eigenvalue weighted by Crippen LogP contribution is 2.29. The maximum atomic E-state index is 13.6. The maximum Gasteiger partial charge on any atom is 0.196 e. The molecule has 0 radical (unpaired) electrons. The second-order valence-corrected chi connectivity index (χ2v) is 6.88. The van der Waals surface area contributed by atoms with Gasteiger partial charge in [0.15, 0.2) is 5.78 Å². The molecule has 0 bridgehead atoms. The molecule has 0 unspecified atom stereocenters. The number of benzene rings is 3. The Labute approximate surface area is 158 Å². The number of alkyl halides is 1. The van der Waals surface area contributed by atoms with Crippen LogP contribution in [0.5, 0.6) is 0 Å². The lowest BCUT2D eigenvalue weighted by molar-refractivity contribution is 0.104. The molecule has 1 heterocycles. The Balaban J connectivity index is 1.80. The second-order valence-electron chi connectivity index (χ2n) is 6.88. The molecule has 27 heavy (non-hydrogen) atoms. The first-order chi connectivity index (χ1) is 13.3. The summed E-state index contributed by atoms with van der Waals surface area (Å²) >= 11 is 0. The molecule has 0 saturated heterocycles. The minimum Gasteiger partial charge on any atom is -0.358 e. The number of aromatic nitrogens is 1. The van der Waals surface area contributed by atoms with Gasteiger partial charge in [0.1, 0.15) is 0 Å². The number of unbranched alkanes of at least 4 members (excludes halogenated alkanes) is 2. The lowest BCUT2D eigenvalue weighted by Gasteiger charge is -2.08. The van der Waals surface area contributed by atoms with Crippen LogP contribution in [0, 0.1) is 0 Å². The summed E-state index contributed by atoms with van der Waals surface area (Å²) in [6, 6.07) is 21.8. The monoisotopic (exact) mass is 359 g/mol. The number of rotatable bonds is 7. The predicted molar refractivity (Wildman–Crippen MR) is 109 cm³/mol. The second kappa shape index (κ2) is 7.75. The fraction of sp³-hybridized carbons (Fsp3) is 0.208. The molecule has 1 N–H and O–H groups in total. The molecule has 0 saturated carbocycles. The molecule has 0 atom stereocenters. The number of para-hydroxylation sites is 1. The van der Waals surface area contributed by atoms with Crippen molar-refractivity contribution in [1.82, 2.24) is 4.98 Å². The molecule has 2 nitrogen and oxygen atoms in total. The molecule has 136 valence electrons. The minimum absolute atomic E-state index is 0.0461. The number of hydrogen-bond donors (Lipinski definition) is 1. The van der Waals surface area contributed by atoms with Gasteiger partial charge in [-0.3, -0.25) is 9.18 Å². The van der Waals surface area contributed by atoms with Crippen LogP contribution in [0.3, 0.4) is 0 Å². The van der Waals surface area contributed by atoms with E-state index in [2.05, 4.69) is 4.98 Å². The number of H-pyrrole nitrogens is 1. The van der Waals surface area contributed by atoms with Gasteiger partial charge in [-0.25, -0.2) is 0 Å². The van der Waals surface area contributed by atoms with Gasteiger partial charge in [0.05, 0.1) is 12.2 Å². The van der Waals surface area contributed by atoms with Crippen LogP contribution in [0.15, 0.2) is 66.7 Å². The fourth-order valence-electron chi connectivity index (χ4n) is 3.78. The third-order valence-corrected chi connectivity index (χ3v) is 5.11. The highest BCUT2D eigenvalue weighted by Gasteiger charge is 2.21. The first-order valence-corrected chi connectivity index (χ1v) is 9.47. The molecule has 0 aliphatic heterocycles. The molecule has 1 aromatic heterocycles. The van der Waals surface area contributed by atoms with Crippen LogP contribution in [-0.2, 0) is 6.42 Å². The number of carbonyl (C=O) groups excluding carboxylic acids is 1. The van der Waals surface area contributed by atoms with Crippen LogP contribution in [0.2, 0.25) is 0 Å². The summed E-state index contributed by atoms with van der Waals surface area (Å²) in [6.45, 7) is -0.283. The van der Waals surface area contributed by atoms with Gasteiger partial charge in [0.2, 0.25) is 0 Å². The van der Waals surface area contributed by atoms with Crippen LogP contribution >= 0.6 is 0 Å². The Hall–Kier alpha value is -2.94. The van der Waals surface area contributed by atoms with Crippen molar-refractivity contribution in [2.75, 3.05) is 6.67 Å². The van der Waals surface area contributed by atoms with Gasteiger partial charge in [-0.05, 0) is 36.1 Å². The molecular formula is C24H22FNO. The lowest BCUT2D eigenvalue weighted by Crippen LogP contribution is -2.05. The van der Waals surface area contributed by atoms with E-state index < -0.39 is 0 Å². The molecule has 0 fully saturated rings. The number of ketones is 1. The van der Waals surface area contributed by atoms with Crippen molar-refractivity contribution in [3.05, 3.63) is 83.6 Å². The first-order valence-electron chi connectivity index (χ1n) is 9.47. The van der Waals surface area contributed by atoms with E-state index in [4.69, 9.17) is 0 Å². The van der Waals surface area contributed by atoms with E-state index in [1.165, 1.54) is 0 Å². The number of carbonyl (C=O) groups is 1. The summed E-state index contributed by atoms with van der Waals surface area (Å²) in [6.07, 6.45) is 3.02. The van der Waals surface area contributed by atoms with Gasteiger partial charge in [0.25, 0.3) is 0 Å². The van der Waals surface area contributed by atoms with Gasteiger partial charge in [0, 0.05) is 22.2 Å². The van der Waals surface area contributed by atoms with Gasteiger partial charge < -0.3 is 4.98 Å². The largest absolute Gasteiger partial charge is 0.358 e. The highest BCUT2D eigenvalue weighted by molar-refractivity contribution is 6.22. The number of aromatic amines is 1. The van der Waals surface area contributed by atoms with Gasteiger partial charge >= 0.3 is 0 Å². The van der Waals surface area contributed by atoms with Crippen molar-refractivity contribution >= 4 is 27.5 Å². The van der Waals surface area contributed by atoms with E-state index in [1.54, 1.807) is 0 Å². The number of nitrogens with one attached hydrogen (secondary N) is 1. The lowest BCUT2D eigenvalue weighted by atomic mass is 9.94. The van der Waals surface area contributed by atoms with Crippen molar-refractivity contribution in [2.24, 2.45) is 0 Å². The normalized spacial score (nSPS) is 11.3. The Bertz CT molecular complexity index is 1090. The summed E-state index contributed by atoms with van der Waals surface area (Å²) in [5.41, 5.74) is 3.40. The molecule has 0 amide bonds. The van der Waals surface area contributed by atoms with E-state index in [0.29, 0.717) is 6.42 Å². The third kappa shape index (κ3) is 3.37. The van der Waals surface area contributed by atoms with Crippen LogP contribution in [0.4, 0.5) is 4.39 Å². The van der Waals surface area contributed by atoms with Gasteiger partial charge in [-0.2, -0.15) is 0 Å². The maximum absolute atomic E-state index is 13.6. The molecule has 0 spiro atoms. The van der Waals surface area contributed by atoms with Gasteiger partial charge in [-0.15, -0.1) is 0 Å². The van der Waals surface area contributed by atoms with Crippen LogP contribution in [0.25, 0.3) is 21.7 Å². The van der Waals surface area contributed by atoms with Gasteiger partial charge in [-0.1, -0.05) is 67.1 Å². The molecule has 4 rings (SSSR count). The number of aryl methyl sites for hydroxylation is 1. The van der Waals surface area contributed by atoms with E-state index in [0.717, 1.165) is 57.8 Å². The van der Waals surface area contributed by atoms with Crippen LogP contribution < -0.4 is 0 Å². The summed E-state index contributed by atoms with van der Waals surface area (Å²) < 4.78 is 12.4. The van der Waals surface area contributed by atoms with Crippen molar-refractivity contribution in [3.8, 4) is 0 Å². The molecule has 4 aromatic rings. The zero-order chi connectivity index (χ0) is 18.6. The Morgan fingerprint density at radius 2 is 1.56 bits per heavy atom. The molecule has 0 aliphatic carbocycles. The first kappa shape index (κ1) is 17.5. The van der Waals surface area contributed by atoms with Crippen LogP contribution in [-0.4, -0.2) is 17.4 Å². The molecule has 0 aliphatic rings. The molecule has 3 heteroatoms. The Morgan fingerprint density at radius 1 is 0.815 bits per heavy atom.